The largest absolute Gasteiger partial charge is 0.478 e. The molecule has 0 saturated carbocycles. The van der Waals surface area contributed by atoms with Crippen LogP contribution in [0, 0.1) is 5.82 Å². The topological polar surface area (TPSA) is 64.5 Å². The van der Waals surface area contributed by atoms with Crippen molar-refractivity contribution >= 4 is 45.6 Å². The van der Waals surface area contributed by atoms with Gasteiger partial charge >= 0.3 is 0 Å². The van der Waals surface area contributed by atoms with Crippen LogP contribution in [0.2, 0.25) is 10.0 Å². The highest BCUT2D eigenvalue weighted by molar-refractivity contribution is 6.36. The summed E-state index contributed by atoms with van der Waals surface area (Å²) in [5, 5.41) is 1.02. The van der Waals surface area contributed by atoms with Crippen LogP contribution in [0.15, 0.2) is 65.4 Å². The van der Waals surface area contributed by atoms with E-state index in [-0.39, 0.29) is 16.6 Å². The smallest absolute Gasteiger partial charge is 0.205 e. The monoisotopic (exact) mass is 511 g/mol. The van der Waals surface area contributed by atoms with E-state index in [4.69, 9.17) is 38.1 Å². The van der Waals surface area contributed by atoms with E-state index in [2.05, 4.69) is 40.2 Å². The van der Waals surface area contributed by atoms with E-state index in [0.717, 1.165) is 37.0 Å². The molecule has 2 aromatic carbocycles. The number of ether oxygens (including phenoxy) is 1. The lowest BCUT2D eigenvalue weighted by Crippen LogP contribution is -2.27. The summed E-state index contributed by atoms with van der Waals surface area (Å²) in [4.78, 5) is 6.73. The van der Waals surface area contributed by atoms with Crippen LogP contribution in [-0.4, -0.2) is 23.0 Å². The molecule has 5 rings (SSSR count). The van der Waals surface area contributed by atoms with Crippen LogP contribution in [-0.2, 0) is 6.54 Å². The van der Waals surface area contributed by atoms with E-state index >= 15 is 0 Å². The van der Waals surface area contributed by atoms with Gasteiger partial charge in [0, 0.05) is 42.0 Å². The van der Waals surface area contributed by atoms with Crippen molar-refractivity contribution in [3.63, 3.8) is 0 Å². The number of nitrogens with two attached hydrogens (primary N) is 1. The van der Waals surface area contributed by atoms with Crippen molar-refractivity contribution in [3.8, 4) is 5.75 Å². The number of hydrogen-bond acceptors (Lipinski definition) is 5. The van der Waals surface area contributed by atoms with Gasteiger partial charge in [-0.05, 0) is 36.6 Å². The number of hydrogen-bond donors (Lipinski definition) is 1. The van der Waals surface area contributed by atoms with Gasteiger partial charge in [0.25, 0.3) is 0 Å². The van der Waals surface area contributed by atoms with Gasteiger partial charge < -0.3 is 14.9 Å². The summed E-state index contributed by atoms with van der Waals surface area (Å²) in [5.41, 5.74) is 10.4. The van der Waals surface area contributed by atoms with Crippen LogP contribution >= 0.6 is 23.2 Å². The number of rotatable bonds is 6. The van der Waals surface area contributed by atoms with Gasteiger partial charge in [0.05, 0.1) is 16.7 Å². The highest BCUT2D eigenvalue weighted by Crippen LogP contribution is 2.41. The molecule has 4 aromatic rings. The second-order valence-corrected chi connectivity index (χ2v) is 9.37. The molecule has 1 atom stereocenters. The number of fused-ring (bicyclic) bond motifs is 1. The van der Waals surface area contributed by atoms with Crippen LogP contribution in [0.25, 0.3) is 16.5 Å². The fourth-order valence-electron chi connectivity index (χ4n) is 4.43. The Morgan fingerprint density at radius 1 is 1.20 bits per heavy atom. The second-order valence-electron chi connectivity index (χ2n) is 8.58. The third-order valence-electron chi connectivity index (χ3n) is 6.27. The Morgan fingerprint density at radius 3 is 2.74 bits per heavy atom. The molecule has 35 heavy (non-hydrogen) atoms. The zero-order valence-corrected chi connectivity index (χ0v) is 20.6. The Bertz CT molecular complexity index is 1400. The van der Waals surface area contributed by atoms with Gasteiger partial charge in [-0.25, -0.2) is 9.37 Å². The average Bonchev–Trinajstić information content (AvgIpc) is 3.29. The van der Waals surface area contributed by atoms with Crippen molar-refractivity contribution in [1.82, 2.24) is 9.88 Å². The van der Waals surface area contributed by atoms with Crippen molar-refractivity contribution in [3.05, 3.63) is 93.6 Å². The second kappa shape index (κ2) is 9.90. The molecule has 1 aliphatic heterocycles. The molecule has 8 heteroatoms. The number of halogens is 3. The predicted molar refractivity (Wildman–Crippen MR) is 138 cm³/mol. The lowest BCUT2D eigenvalue weighted by atomic mass is 9.99. The van der Waals surface area contributed by atoms with Crippen molar-refractivity contribution in [2.45, 2.75) is 26.0 Å². The highest BCUT2D eigenvalue weighted by atomic mass is 35.5. The summed E-state index contributed by atoms with van der Waals surface area (Å²) in [5.74, 6) is -0.128. The maximum Gasteiger partial charge on any atom is 0.205 e. The number of nitrogens with zero attached hydrogens (tertiary/aromatic N) is 2. The molecule has 0 fully saturated rings. The number of nitrogen functional groups attached to an aromatic ring is 1. The van der Waals surface area contributed by atoms with Gasteiger partial charge in [-0.2, -0.15) is 0 Å². The van der Waals surface area contributed by atoms with Crippen molar-refractivity contribution in [1.29, 1.82) is 0 Å². The van der Waals surface area contributed by atoms with E-state index < -0.39 is 11.9 Å². The molecule has 0 amide bonds. The summed E-state index contributed by atoms with van der Waals surface area (Å²) >= 11 is 12.4. The number of furan rings is 1. The van der Waals surface area contributed by atoms with Crippen LogP contribution in [0.4, 0.5) is 10.2 Å². The van der Waals surface area contributed by atoms with Crippen molar-refractivity contribution in [2.75, 3.05) is 18.8 Å². The molecule has 2 aromatic heterocycles. The molecule has 1 aliphatic rings. The first kappa shape index (κ1) is 23.7. The molecule has 2 N–H and O–H groups in total. The van der Waals surface area contributed by atoms with Gasteiger partial charge in [-0.3, -0.25) is 4.90 Å². The maximum atomic E-state index is 14.0. The van der Waals surface area contributed by atoms with E-state index in [1.54, 1.807) is 19.4 Å². The average molecular weight is 512 g/mol. The number of aromatic nitrogens is 1. The Kier molecular flexibility index (Phi) is 6.69. The van der Waals surface area contributed by atoms with Gasteiger partial charge in [0.1, 0.15) is 11.9 Å². The van der Waals surface area contributed by atoms with Gasteiger partial charge in [0.2, 0.25) is 5.75 Å². The lowest BCUT2D eigenvalue weighted by molar-refractivity contribution is 0.227. The summed E-state index contributed by atoms with van der Waals surface area (Å²) in [6.07, 6.45) is 5.83. The van der Waals surface area contributed by atoms with E-state index in [9.17, 15) is 4.39 Å². The van der Waals surface area contributed by atoms with Crippen LogP contribution in [0.5, 0.6) is 5.75 Å². The molecule has 5 nitrogen and oxygen atoms in total. The third-order valence-corrected chi connectivity index (χ3v) is 6.98. The fourth-order valence-corrected chi connectivity index (χ4v) is 5.11. The first-order chi connectivity index (χ1) is 16.9. The van der Waals surface area contributed by atoms with E-state index in [1.165, 1.54) is 23.3 Å². The van der Waals surface area contributed by atoms with Gasteiger partial charge in [-0.15, -0.1) is 0 Å². The molecular formula is C27H24Cl2FN3O2. The third kappa shape index (κ3) is 4.74. The summed E-state index contributed by atoms with van der Waals surface area (Å²) in [7, 11) is 0. The maximum absolute atomic E-state index is 14.0. The molecule has 0 bridgehead atoms. The predicted octanol–water partition coefficient (Wildman–Crippen LogP) is 7.29. The quantitative estimate of drug-likeness (QED) is 0.275. The van der Waals surface area contributed by atoms with E-state index in [0.29, 0.717) is 16.2 Å². The lowest BCUT2D eigenvalue weighted by Gasteiger charge is -2.26. The molecule has 0 unspecified atom stereocenters. The molecule has 180 valence electrons. The zero-order chi connectivity index (χ0) is 24.5. The van der Waals surface area contributed by atoms with Crippen molar-refractivity contribution < 1.29 is 13.5 Å². The first-order valence-corrected chi connectivity index (χ1v) is 12.1. The fraction of sp³-hybridized carbons (Fsp3) is 0.222. The summed E-state index contributed by atoms with van der Waals surface area (Å²) in [6, 6.07) is 13.1. The highest BCUT2D eigenvalue weighted by Gasteiger charge is 2.24. The SMILES string of the molecule is C[C@@H](Oc1c(N)ncc2c(C3=CCN(Cc4ccccc4)CC3)coc12)c1c(Cl)ccc(F)c1Cl. The minimum Gasteiger partial charge on any atom is -0.478 e. The Hall–Kier alpha value is -3.06. The minimum atomic E-state index is -0.686. The molecule has 0 radical (unpaired) electrons. The normalized spacial score (nSPS) is 15.3. The molecule has 0 spiro atoms. The number of anilines is 1. The number of benzene rings is 2. The molecular weight excluding hydrogens is 488 g/mol. The molecule has 0 saturated heterocycles. The standard InChI is InChI=1S/C27H24Cl2FN3O2/c1-16(23-21(28)7-8-22(30)24(23)29)35-26-25-19(13-32-27(26)31)20(15-34-25)18-9-11-33(12-10-18)14-17-5-3-2-4-6-17/h2-9,13,15-16H,10-12,14H2,1H3,(H2,31,32)/t16-/m1/s1. The minimum absolute atomic E-state index is 0.0868. The first-order valence-electron chi connectivity index (χ1n) is 11.3. The zero-order valence-electron chi connectivity index (χ0n) is 19.1. The Balaban J connectivity index is 1.40. The van der Waals surface area contributed by atoms with Crippen LogP contribution in [0.1, 0.15) is 36.1 Å². The molecule has 0 aliphatic carbocycles. The number of pyridine rings is 1. The summed E-state index contributed by atoms with van der Waals surface area (Å²) in [6.45, 7) is 4.42. The Labute approximate surface area is 212 Å². The molecule has 3 heterocycles. The van der Waals surface area contributed by atoms with Crippen molar-refractivity contribution in [2.24, 2.45) is 0 Å². The van der Waals surface area contributed by atoms with Crippen LogP contribution < -0.4 is 10.5 Å². The summed E-state index contributed by atoms with van der Waals surface area (Å²) < 4.78 is 26.1. The van der Waals surface area contributed by atoms with Gasteiger partial charge in [-0.1, -0.05) is 59.6 Å². The van der Waals surface area contributed by atoms with E-state index in [1.807, 2.05) is 6.07 Å². The van der Waals surface area contributed by atoms with Crippen LogP contribution in [0.3, 0.4) is 0 Å². The van der Waals surface area contributed by atoms with Gasteiger partial charge in [0.15, 0.2) is 11.4 Å². The Morgan fingerprint density at radius 2 is 2.00 bits per heavy atom.